The average molecular weight is 423 g/mol. The highest BCUT2D eigenvalue weighted by Crippen LogP contribution is 2.26. The first kappa shape index (κ1) is 22.2. The van der Waals surface area contributed by atoms with E-state index in [1.54, 1.807) is 25.1 Å². The van der Waals surface area contributed by atoms with Gasteiger partial charge in [0.15, 0.2) is 0 Å². The lowest BCUT2D eigenvalue weighted by Gasteiger charge is -2.30. The highest BCUT2D eigenvalue weighted by Gasteiger charge is 2.30. The van der Waals surface area contributed by atoms with E-state index in [0.29, 0.717) is 16.6 Å². The second-order valence-electron chi connectivity index (χ2n) is 7.32. The minimum absolute atomic E-state index is 0.197. The van der Waals surface area contributed by atoms with Gasteiger partial charge in [-0.1, -0.05) is 61.8 Å². The number of rotatable bonds is 8. The van der Waals surface area contributed by atoms with E-state index in [-0.39, 0.29) is 11.9 Å². The third-order valence-electron chi connectivity index (χ3n) is 4.38. The molecule has 0 saturated heterocycles. The van der Waals surface area contributed by atoms with Crippen LogP contribution in [-0.2, 0) is 14.8 Å². The summed E-state index contributed by atoms with van der Waals surface area (Å²) in [5.41, 5.74) is 1.35. The molecule has 28 heavy (non-hydrogen) atoms. The fourth-order valence-electron chi connectivity index (χ4n) is 3.15. The summed E-state index contributed by atoms with van der Waals surface area (Å²) < 4.78 is 26.0. The number of carbonyl (C=O) groups excluding carboxylic acids is 1. The van der Waals surface area contributed by atoms with Crippen LogP contribution in [0.5, 0.6) is 0 Å². The van der Waals surface area contributed by atoms with Crippen molar-refractivity contribution in [2.75, 3.05) is 10.6 Å². The molecule has 1 N–H and O–H groups in total. The molecule has 2 aromatic rings. The molecule has 0 spiro atoms. The van der Waals surface area contributed by atoms with Crippen molar-refractivity contribution >= 4 is 33.2 Å². The van der Waals surface area contributed by atoms with Gasteiger partial charge in [0, 0.05) is 5.02 Å². The van der Waals surface area contributed by atoms with Gasteiger partial charge in [-0.15, -0.1) is 0 Å². The molecule has 2 rings (SSSR count). The van der Waals surface area contributed by atoms with Crippen LogP contribution in [0.1, 0.15) is 38.8 Å². The molecule has 5 nitrogen and oxygen atoms in total. The molecule has 7 heteroatoms. The van der Waals surface area contributed by atoms with Crippen LogP contribution in [0.3, 0.4) is 0 Å². The van der Waals surface area contributed by atoms with Gasteiger partial charge >= 0.3 is 0 Å². The van der Waals surface area contributed by atoms with Crippen LogP contribution in [0.4, 0.5) is 5.69 Å². The minimum Gasteiger partial charge on any atom is -0.347 e. The molecule has 0 saturated carbocycles. The van der Waals surface area contributed by atoms with E-state index < -0.39 is 16.1 Å². The molecular formula is C21H27ClN2O3S. The molecule has 0 aliphatic carbocycles. The summed E-state index contributed by atoms with van der Waals surface area (Å²) in [6.07, 6.45) is 1.83. The molecule has 152 valence electrons. The van der Waals surface area contributed by atoms with E-state index in [2.05, 4.69) is 19.2 Å². The predicted molar refractivity (Wildman–Crippen MR) is 115 cm³/mol. The number of carbonyl (C=O) groups is 1. The Morgan fingerprint density at radius 2 is 1.71 bits per heavy atom. The number of benzene rings is 2. The van der Waals surface area contributed by atoms with Crippen molar-refractivity contribution in [2.45, 2.75) is 39.3 Å². The lowest BCUT2D eigenvalue weighted by molar-refractivity contribution is -0.122. The number of hydrogen-bond acceptors (Lipinski definition) is 3. The lowest BCUT2D eigenvalue weighted by atomic mass is 9.96. The van der Waals surface area contributed by atoms with Crippen molar-refractivity contribution in [3.05, 3.63) is 65.2 Å². The Morgan fingerprint density at radius 1 is 1.07 bits per heavy atom. The Kier molecular flexibility index (Phi) is 7.49. The van der Waals surface area contributed by atoms with Crippen molar-refractivity contribution in [3.8, 4) is 0 Å². The van der Waals surface area contributed by atoms with E-state index in [1.807, 2.05) is 30.3 Å². The van der Waals surface area contributed by atoms with E-state index in [1.165, 1.54) is 6.07 Å². The van der Waals surface area contributed by atoms with Crippen molar-refractivity contribution in [1.82, 2.24) is 5.32 Å². The van der Waals surface area contributed by atoms with Crippen LogP contribution in [-0.4, -0.2) is 26.6 Å². The molecule has 0 bridgehead atoms. The normalized spacial score (nSPS) is 13.8. The monoisotopic (exact) mass is 422 g/mol. The maximum absolute atomic E-state index is 13.0. The molecule has 0 fully saturated rings. The van der Waals surface area contributed by atoms with Gasteiger partial charge in [0.05, 0.1) is 18.0 Å². The molecule has 2 atom stereocenters. The molecule has 0 heterocycles. The zero-order valence-corrected chi connectivity index (χ0v) is 18.2. The van der Waals surface area contributed by atoms with Gasteiger partial charge in [-0.05, 0) is 43.0 Å². The molecule has 2 aromatic carbocycles. The van der Waals surface area contributed by atoms with Crippen LogP contribution in [0.25, 0.3) is 0 Å². The molecule has 0 radical (unpaired) electrons. The van der Waals surface area contributed by atoms with Crippen molar-refractivity contribution in [1.29, 1.82) is 0 Å². The van der Waals surface area contributed by atoms with Gasteiger partial charge in [-0.3, -0.25) is 9.10 Å². The summed E-state index contributed by atoms with van der Waals surface area (Å²) in [7, 11) is -3.69. The number of hydrogen-bond donors (Lipinski definition) is 1. The maximum atomic E-state index is 13.0. The van der Waals surface area contributed by atoms with Gasteiger partial charge < -0.3 is 5.32 Å². The number of nitrogens with one attached hydrogen (secondary N) is 1. The fraction of sp³-hybridized carbons (Fsp3) is 0.381. The number of sulfonamides is 1. The topological polar surface area (TPSA) is 66.5 Å². The number of anilines is 1. The van der Waals surface area contributed by atoms with Crippen LogP contribution >= 0.6 is 11.6 Å². The maximum Gasteiger partial charge on any atom is 0.244 e. The molecule has 0 aromatic heterocycles. The highest BCUT2D eigenvalue weighted by molar-refractivity contribution is 7.92. The van der Waals surface area contributed by atoms with Crippen LogP contribution < -0.4 is 9.62 Å². The van der Waals surface area contributed by atoms with E-state index in [4.69, 9.17) is 11.6 Å². The van der Waals surface area contributed by atoms with Gasteiger partial charge in [0.25, 0.3) is 0 Å². The lowest BCUT2D eigenvalue weighted by Crippen LogP contribution is -2.48. The first-order chi connectivity index (χ1) is 13.1. The second-order valence-corrected chi connectivity index (χ2v) is 9.61. The summed E-state index contributed by atoms with van der Waals surface area (Å²) in [6.45, 7) is 5.75. The summed E-state index contributed by atoms with van der Waals surface area (Å²) in [4.78, 5) is 13.0. The van der Waals surface area contributed by atoms with Gasteiger partial charge in [-0.2, -0.15) is 0 Å². The standard InChI is InChI=1S/C21H27ClN2O3S/c1-15(2)13-20(17-9-6-5-7-10-17)23-21(25)16(3)24(28(4,26)27)19-12-8-11-18(22)14-19/h5-12,14-16,20H,13H2,1-4H3,(H,23,25)/t16-,20-/m1/s1. The van der Waals surface area contributed by atoms with Crippen LogP contribution in [0, 0.1) is 5.92 Å². The molecule has 0 aliphatic heterocycles. The van der Waals surface area contributed by atoms with Gasteiger partial charge in [-0.25, -0.2) is 8.42 Å². The quantitative estimate of drug-likeness (QED) is 0.685. The number of nitrogens with zero attached hydrogens (tertiary/aromatic N) is 1. The third-order valence-corrected chi connectivity index (χ3v) is 5.85. The molecule has 1 amide bonds. The summed E-state index contributed by atoms with van der Waals surface area (Å²) in [5, 5.41) is 3.43. The third kappa shape index (κ3) is 5.97. The first-order valence-electron chi connectivity index (χ1n) is 9.20. The Bertz CT molecular complexity index is 901. The van der Waals surface area contributed by atoms with Crippen molar-refractivity contribution in [2.24, 2.45) is 5.92 Å². The van der Waals surface area contributed by atoms with Crippen molar-refractivity contribution in [3.63, 3.8) is 0 Å². The van der Waals surface area contributed by atoms with Crippen LogP contribution in [0.15, 0.2) is 54.6 Å². The predicted octanol–water partition coefficient (Wildman–Crippen LogP) is 4.40. The largest absolute Gasteiger partial charge is 0.347 e. The van der Waals surface area contributed by atoms with E-state index in [9.17, 15) is 13.2 Å². The summed E-state index contributed by atoms with van der Waals surface area (Å²) >= 11 is 6.02. The van der Waals surface area contributed by atoms with E-state index >= 15 is 0 Å². The minimum atomic E-state index is -3.69. The number of amides is 1. The smallest absolute Gasteiger partial charge is 0.244 e. The zero-order chi connectivity index (χ0) is 20.9. The average Bonchev–Trinajstić information content (AvgIpc) is 2.60. The first-order valence-corrected chi connectivity index (χ1v) is 11.4. The Morgan fingerprint density at radius 3 is 2.25 bits per heavy atom. The fourth-order valence-corrected chi connectivity index (χ4v) is 4.50. The Balaban J connectivity index is 2.30. The highest BCUT2D eigenvalue weighted by atomic mass is 35.5. The molecular weight excluding hydrogens is 396 g/mol. The van der Waals surface area contributed by atoms with Crippen LogP contribution in [0.2, 0.25) is 5.02 Å². The SMILES string of the molecule is CC(C)C[C@@H](NC(=O)[C@@H](C)N(c1cccc(Cl)c1)S(C)(=O)=O)c1ccccc1. The van der Waals surface area contributed by atoms with E-state index in [0.717, 1.165) is 22.5 Å². The second kappa shape index (κ2) is 9.43. The molecule has 0 unspecified atom stereocenters. The Labute approximate surface area is 172 Å². The summed E-state index contributed by atoms with van der Waals surface area (Å²) in [6, 6.07) is 15.0. The number of halogens is 1. The summed E-state index contributed by atoms with van der Waals surface area (Å²) in [5.74, 6) is -0.000318. The molecule has 0 aliphatic rings. The van der Waals surface area contributed by atoms with Gasteiger partial charge in [0.1, 0.15) is 6.04 Å². The Hall–Kier alpha value is -2.05. The van der Waals surface area contributed by atoms with Crippen molar-refractivity contribution < 1.29 is 13.2 Å². The van der Waals surface area contributed by atoms with Gasteiger partial charge in [0.2, 0.25) is 15.9 Å². The zero-order valence-electron chi connectivity index (χ0n) is 16.6.